The first-order chi connectivity index (χ1) is 7.00. The van der Waals surface area contributed by atoms with E-state index in [1.807, 2.05) is 0 Å². The first kappa shape index (κ1) is 9.57. The zero-order valence-corrected chi connectivity index (χ0v) is 8.19. The number of nitro benzene ring substituents is 1. The Morgan fingerprint density at radius 1 is 1.53 bits per heavy atom. The van der Waals surface area contributed by atoms with Crippen LogP contribution in [0.3, 0.4) is 0 Å². The molecule has 0 aliphatic rings. The van der Waals surface area contributed by atoms with Gasteiger partial charge in [0.05, 0.1) is 10.4 Å². The maximum atomic E-state index is 13.2. The number of aryl methyl sites for hydroxylation is 2. The zero-order valence-electron chi connectivity index (χ0n) is 8.19. The molecule has 1 aromatic carbocycles. The fourth-order valence-corrected chi connectivity index (χ4v) is 1.47. The van der Waals surface area contributed by atoms with E-state index in [2.05, 4.69) is 5.10 Å². The molecule has 0 atom stereocenters. The van der Waals surface area contributed by atoms with E-state index in [0.717, 1.165) is 11.8 Å². The number of benzene rings is 1. The van der Waals surface area contributed by atoms with Gasteiger partial charge in [-0.15, -0.1) is 0 Å². The number of hydrogen-bond donors (Lipinski definition) is 0. The van der Waals surface area contributed by atoms with Crippen molar-refractivity contribution in [1.29, 1.82) is 0 Å². The summed E-state index contributed by atoms with van der Waals surface area (Å²) < 4.78 is 14.8. The lowest BCUT2D eigenvalue weighted by molar-refractivity contribution is -0.387. The van der Waals surface area contributed by atoms with Crippen molar-refractivity contribution in [3.63, 3.8) is 0 Å². The molecule has 15 heavy (non-hydrogen) atoms. The van der Waals surface area contributed by atoms with Gasteiger partial charge in [0.15, 0.2) is 0 Å². The monoisotopic (exact) mass is 209 g/mol. The Labute approximate surface area is 84.3 Å². The smallest absolute Gasteiger partial charge is 0.272 e. The van der Waals surface area contributed by atoms with Crippen LogP contribution in [0, 0.1) is 22.9 Å². The minimum absolute atomic E-state index is 0.429. The number of rotatable bonds is 1. The van der Waals surface area contributed by atoms with Gasteiger partial charge in [0.25, 0.3) is 0 Å². The third-order valence-electron chi connectivity index (χ3n) is 2.39. The highest BCUT2D eigenvalue weighted by molar-refractivity contribution is 5.83. The zero-order chi connectivity index (χ0) is 11.2. The van der Waals surface area contributed by atoms with Gasteiger partial charge in [-0.3, -0.25) is 14.8 Å². The summed E-state index contributed by atoms with van der Waals surface area (Å²) in [6.07, 6.45) is 0. The molecular formula is C9H8FN3O2. The third-order valence-corrected chi connectivity index (χ3v) is 2.39. The Bertz CT molecular complexity index is 562. The van der Waals surface area contributed by atoms with E-state index in [9.17, 15) is 14.5 Å². The second-order valence-electron chi connectivity index (χ2n) is 3.29. The first-order valence-electron chi connectivity index (χ1n) is 4.28. The van der Waals surface area contributed by atoms with Gasteiger partial charge in [-0.25, -0.2) is 0 Å². The molecule has 2 aromatic rings. The van der Waals surface area contributed by atoms with E-state index in [4.69, 9.17) is 0 Å². The summed E-state index contributed by atoms with van der Waals surface area (Å²) in [6.45, 7) is 1.77. The maximum Gasteiger partial charge on any atom is 0.305 e. The van der Waals surface area contributed by atoms with Crippen LogP contribution in [0.2, 0.25) is 0 Å². The van der Waals surface area contributed by atoms with Crippen molar-refractivity contribution in [2.45, 2.75) is 6.92 Å². The second-order valence-corrected chi connectivity index (χ2v) is 3.29. The van der Waals surface area contributed by atoms with Gasteiger partial charge in [-0.2, -0.15) is 9.49 Å². The second kappa shape index (κ2) is 3.01. The molecule has 0 bridgehead atoms. The minimum Gasteiger partial charge on any atom is -0.272 e. The maximum absolute atomic E-state index is 13.2. The number of fused-ring (bicyclic) bond motifs is 1. The molecule has 6 heteroatoms. The molecule has 0 unspecified atom stereocenters. The van der Waals surface area contributed by atoms with Crippen molar-refractivity contribution < 1.29 is 9.31 Å². The minimum atomic E-state index is -0.856. The van der Waals surface area contributed by atoms with Gasteiger partial charge in [0.1, 0.15) is 0 Å². The van der Waals surface area contributed by atoms with Gasteiger partial charge < -0.3 is 0 Å². The molecule has 0 amide bonds. The third kappa shape index (κ3) is 1.34. The van der Waals surface area contributed by atoms with Gasteiger partial charge in [-0.1, -0.05) is 0 Å². The van der Waals surface area contributed by atoms with Gasteiger partial charge >= 0.3 is 5.69 Å². The summed E-state index contributed by atoms with van der Waals surface area (Å²) in [5.41, 5.74) is 0.685. The van der Waals surface area contributed by atoms with Crippen LogP contribution in [0.25, 0.3) is 10.9 Å². The molecule has 0 fully saturated rings. The van der Waals surface area contributed by atoms with Crippen LogP contribution in [0.1, 0.15) is 5.69 Å². The average Bonchev–Trinajstić information content (AvgIpc) is 2.41. The average molecular weight is 209 g/mol. The van der Waals surface area contributed by atoms with Crippen molar-refractivity contribution in [1.82, 2.24) is 9.78 Å². The molecule has 0 saturated carbocycles. The van der Waals surface area contributed by atoms with Crippen LogP contribution in [-0.2, 0) is 7.05 Å². The summed E-state index contributed by atoms with van der Waals surface area (Å²) >= 11 is 0. The molecule has 0 N–H and O–H groups in total. The van der Waals surface area contributed by atoms with Crippen LogP contribution in [0.5, 0.6) is 0 Å². The van der Waals surface area contributed by atoms with E-state index in [1.165, 1.54) is 6.07 Å². The highest BCUT2D eigenvalue weighted by Crippen LogP contribution is 2.25. The lowest BCUT2D eigenvalue weighted by atomic mass is 10.2. The van der Waals surface area contributed by atoms with Crippen LogP contribution in [-0.4, -0.2) is 14.7 Å². The molecule has 0 aliphatic carbocycles. The normalized spacial score (nSPS) is 10.9. The standard InChI is InChI=1S/C9H8FN3O2/c1-5-6-3-9(13(14)15)7(10)4-8(6)11-12(5)2/h3-4H,1-2H3. The molecule has 1 aromatic heterocycles. The summed E-state index contributed by atoms with van der Waals surface area (Å²) in [5.74, 6) is -0.856. The lowest BCUT2D eigenvalue weighted by Crippen LogP contribution is -1.92. The van der Waals surface area contributed by atoms with E-state index >= 15 is 0 Å². The number of hydrogen-bond acceptors (Lipinski definition) is 3. The highest BCUT2D eigenvalue weighted by Gasteiger charge is 2.17. The van der Waals surface area contributed by atoms with E-state index in [-0.39, 0.29) is 0 Å². The fraction of sp³-hybridized carbons (Fsp3) is 0.222. The topological polar surface area (TPSA) is 61.0 Å². The first-order valence-corrected chi connectivity index (χ1v) is 4.28. The van der Waals surface area contributed by atoms with Crippen molar-refractivity contribution >= 4 is 16.6 Å². The largest absolute Gasteiger partial charge is 0.305 e. The van der Waals surface area contributed by atoms with Crippen LogP contribution < -0.4 is 0 Å². The SMILES string of the molecule is Cc1c2cc([N+](=O)[O-])c(F)cc2nn1C. The molecule has 0 aliphatic heterocycles. The van der Waals surface area contributed by atoms with Crippen LogP contribution >= 0.6 is 0 Å². The summed E-state index contributed by atoms with van der Waals surface area (Å²) in [7, 11) is 1.71. The van der Waals surface area contributed by atoms with Crippen molar-refractivity contribution in [3.05, 3.63) is 33.8 Å². The Morgan fingerprint density at radius 2 is 2.20 bits per heavy atom. The Hall–Kier alpha value is -1.98. The van der Waals surface area contributed by atoms with Crippen molar-refractivity contribution in [2.24, 2.45) is 7.05 Å². The van der Waals surface area contributed by atoms with Gasteiger partial charge in [-0.05, 0) is 6.92 Å². The number of halogens is 1. The van der Waals surface area contributed by atoms with Crippen LogP contribution in [0.4, 0.5) is 10.1 Å². The molecule has 1 heterocycles. The quantitative estimate of drug-likeness (QED) is 0.532. The number of aromatic nitrogens is 2. The summed E-state index contributed by atoms with van der Waals surface area (Å²) in [6, 6.07) is 2.30. The molecule has 78 valence electrons. The van der Waals surface area contributed by atoms with E-state index in [1.54, 1.807) is 18.7 Å². The Kier molecular flexibility index (Phi) is 1.92. The van der Waals surface area contributed by atoms with Crippen molar-refractivity contribution in [2.75, 3.05) is 0 Å². The Balaban J connectivity index is 2.83. The number of nitrogens with zero attached hydrogens (tertiary/aromatic N) is 3. The van der Waals surface area contributed by atoms with Crippen molar-refractivity contribution in [3.8, 4) is 0 Å². The number of nitro groups is 1. The van der Waals surface area contributed by atoms with E-state index in [0.29, 0.717) is 10.9 Å². The Morgan fingerprint density at radius 3 is 2.80 bits per heavy atom. The molecule has 0 saturated heterocycles. The summed E-state index contributed by atoms with van der Waals surface area (Å²) in [5, 5.41) is 15.2. The van der Waals surface area contributed by atoms with Gasteiger partial charge in [0.2, 0.25) is 5.82 Å². The molecule has 2 rings (SSSR count). The van der Waals surface area contributed by atoms with E-state index < -0.39 is 16.4 Å². The molecular weight excluding hydrogens is 201 g/mol. The summed E-state index contributed by atoms with van der Waals surface area (Å²) in [4.78, 5) is 9.79. The predicted octanol–water partition coefficient (Wildman–Crippen LogP) is 1.93. The highest BCUT2D eigenvalue weighted by atomic mass is 19.1. The van der Waals surface area contributed by atoms with Gasteiger partial charge in [0, 0.05) is 30.3 Å². The molecule has 0 spiro atoms. The molecule has 5 nitrogen and oxygen atoms in total. The predicted molar refractivity (Wildman–Crippen MR) is 52.1 cm³/mol. The molecule has 0 radical (unpaired) electrons. The fourth-order valence-electron chi connectivity index (χ4n) is 1.47. The lowest BCUT2D eigenvalue weighted by Gasteiger charge is -1.94. The van der Waals surface area contributed by atoms with Crippen LogP contribution in [0.15, 0.2) is 12.1 Å².